The molecular weight excluding hydrogens is 373 g/mol. The first-order valence-corrected chi connectivity index (χ1v) is 9.00. The minimum Gasteiger partial charge on any atom is -0.324 e. The number of thiazole rings is 1. The molecule has 0 amide bonds. The highest BCUT2D eigenvalue weighted by atomic mass is 35.5. The summed E-state index contributed by atoms with van der Waals surface area (Å²) in [6, 6.07) is 8.21. The molecule has 0 saturated heterocycles. The smallest absolute Gasteiger partial charge is 0.151 e. The van der Waals surface area contributed by atoms with Crippen molar-refractivity contribution in [3.63, 3.8) is 0 Å². The van der Waals surface area contributed by atoms with Crippen LogP contribution in [0.2, 0.25) is 5.02 Å². The number of rotatable bonds is 3. The summed E-state index contributed by atoms with van der Waals surface area (Å²) in [6.45, 7) is 3.73. The molecule has 0 bridgehead atoms. The van der Waals surface area contributed by atoms with E-state index >= 15 is 0 Å². The molecule has 3 heterocycles. The van der Waals surface area contributed by atoms with E-state index in [0.717, 1.165) is 10.4 Å². The third kappa shape index (κ3) is 3.11. The van der Waals surface area contributed by atoms with E-state index in [0.29, 0.717) is 38.6 Å². The maximum atomic E-state index is 14.2. The Morgan fingerprint density at radius 3 is 2.73 bits per heavy atom. The summed E-state index contributed by atoms with van der Waals surface area (Å²) < 4.78 is 15.0. The highest BCUT2D eigenvalue weighted by Gasteiger charge is 2.16. The van der Waals surface area contributed by atoms with Crippen molar-refractivity contribution >= 4 is 44.8 Å². The van der Waals surface area contributed by atoms with Gasteiger partial charge in [0.2, 0.25) is 0 Å². The first-order chi connectivity index (χ1) is 12.5. The van der Waals surface area contributed by atoms with E-state index < -0.39 is 5.82 Å². The third-order valence-electron chi connectivity index (χ3n) is 3.69. The number of nitrogens with zero attached hydrogens (tertiary/aromatic N) is 4. The second kappa shape index (κ2) is 6.59. The number of aromatic nitrogens is 4. The summed E-state index contributed by atoms with van der Waals surface area (Å²) >= 11 is 7.50. The summed E-state index contributed by atoms with van der Waals surface area (Å²) in [5, 5.41) is 4.04. The van der Waals surface area contributed by atoms with Gasteiger partial charge in [0.05, 0.1) is 20.8 Å². The predicted octanol–water partition coefficient (Wildman–Crippen LogP) is 5.30. The van der Waals surface area contributed by atoms with Crippen LogP contribution < -0.4 is 5.32 Å². The maximum Gasteiger partial charge on any atom is 0.151 e. The average Bonchev–Trinajstić information content (AvgIpc) is 2.98. The van der Waals surface area contributed by atoms with E-state index in [1.54, 1.807) is 24.4 Å². The number of aryl methyl sites for hydroxylation is 2. The van der Waals surface area contributed by atoms with Gasteiger partial charge in [0.25, 0.3) is 0 Å². The van der Waals surface area contributed by atoms with Gasteiger partial charge in [-0.25, -0.2) is 24.3 Å². The van der Waals surface area contributed by atoms with Crippen LogP contribution in [0, 0.1) is 19.7 Å². The van der Waals surface area contributed by atoms with Gasteiger partial charge in [-0.2, -0.15) is 0 Å². The van der Waals surface area contributed by atoms with Crippen LogP contribution in [0.1, 0.15) is 11.5 Å². The fourth-order valence-electron chi connectivity index (χ4n) is 2.66. The summed E-state index contributed by atoms with van der Waals surface area (Å²) in [5.74, 6) is 1.52. The van der Waals surface area contributed by atoms with E-state index in [9.17, 15) is 4.39 Å². The monoisotopic (exact) mass is 385 g/mol. The molecule has 4 rings (SSSR count). The van der Waals surface area contributed by atoms with Crippen molar-refractivity contribution in [2.24, 2.45) is 0 Å². The number of benzene rings is 1. The zero-order valence-electron chi connectivity index (χ0n) is 13.9. The molecule has 0 spiro atoms. The Morgan fingerprint density at radius 1 is 1.12 bits per heavy atom. The van der Waals surface area contributed by atoms with E-state index in [2.05, 4.69) is 25.3 Å². The minimum atomic E-state index is -0.402. The molecule has 26 heavy (non-hydrogen) atoms. The molecule has 130 valence electrons. The molecule has 0 aliphatic rings. The van der Waals surface area contributed by atoms with Crippen LogP contribution >= 0.6 is 22.9 Å². The van der Waals surface area contributed by atoms with Gasteiger partial charge in [-0.1, -0.05) is 17.7 Å². The standard InChI is InChI=1S/C18H13ClFN5S/c1-9-8-14(23-10(2)22-9)25-17-16-13(6-7-21-17)24-18(26-16)15-11(19)4-3-5-12(15)20/h3-8H,1-2H3,(H,21,22,23,25). The zero-order chi connectivity index (χ0) is 18.3. The summed E-state index contributed by atoms with van der Waals surface area (Å²) in [4.78, 5) is 17.5. The van der Waals surface area contributed by atoms with Crippen molar-refractivity contribution in [2.75, 3.05) is 5.32 Å². The second-order valence-electron chi connectivity index (χ2n) is 5.69. The predicted molar refractivity (Wildman–Crippen MR) is 103 cm³/mol. The molecule has 4 aromatic rings. The molecular formula is C18H13ClFN5S. The zero-order valence-corrected chi connectivity index (χ0v) is 15.5. The largest absolute Gasteiger partial charge is 0.324 e. The lowest BCUT2D eigenvalue weighted by atomic mass is 10.2. The van der Waals surface area contributed by atoms with E-state index in [-0.39, 0.29) is 0 Å². The topological polar surface area (TPSA) is 63.6 Å². The van der Waals surface area contributed by atoms with Crippen molar-refractivity contribution in [2.45, 2.75) is 13.8 Å². The fourth-order valence-corrected chi connectivity index (χ4v) is 4.03. The molecule has 1 aromatic carbocycles. The van der Waals surface area contributed by atoms with Crippen molar-refractivity contribution in [3.8, 4) is 10.6 Å². The maximum absolute atomic E-state index is 14.2. The Balaban J connectivity index is 1.81. The number of hydrogen-bond acceptors (Lipinski definition) is 6. The van der Waals surface area contributed by atoms with E-state index in [1.165, 1.54) is 17.4 Å². The number of pyridine rings is 1. The minimum absolute atomic E-state index is 0.301. The van der Waals surface area contributed by atoms with Gasteiger partial charge in [-0.05, 0) is 32.0 Å². The molecule has 0 saturated carbocycles. The highest BCUT2D eigenvalue weighted by Crippen LogP contribution is 2.38. The van der Waals surface area contributed by atoms with Gasteiger partial charge in [-0.3, -0.25) is 0 Å². The van der Waals surface area contributed by atoms with Crippen molar-refractivity contribution in [1.82, 2.24) is 19.9 Å². The van der Waals surface area contributed by atoms with Crippen molar-refractivity contribution in [1.29, 1.82) is 0 Å². The quantitative estimate of drug-likeness (QED) is 0.518. The van der Waals surface area contributed by atoms with Crippen LogP contribution in [-0.2, 0) is 0 Å². The molecule has 0 unspecified atom stereocenters. The molecule has 0 radical (unpaired) electrons. The van der Waals surface area contributed by atoms with Gasteiger partial charge in [0, 0.05) is 18.0 Å². The molecule has 1 N–H and O–H groups in total. The molecule has 3 aromatic heterocycles. The summed E-state index contributed by atoms with van der Waals surface area (Å²) in [7, 11) is 0. The second-order valence-corrected chi connectivity index (χ2v) is 7.10. The number of fused-ring (bicyclic) bond motifs is 1. The number of anilines is 2. The van der Waals surface area contributed by atoms with Crippen LogP contribution in [0.3, 0.4) is 0 Å². The average molecular weight is 386 g/mol. The van der Waals surface area contributed by atoms with Crippen molar-refractivity contribution in [3.05, 3.63) is 58.9 Å². The first-order valence-electron chi connectivity index (χ1n) is 7.80. The fraction of sp³-hybridized carbons (Fsp3) is 0.111. The Hall–Kier alpha value is -2.64. The number of halogens is 2. The van der Waals surface area contributed by atoms with Crippen LogP contribution in [0.5, 0.6) is 0 Å². The number of nitrogens with one attached hydrogen (secondary N) is 1. The lowest BCUT2D eigenvalue weighted by Gasteiger charge is -2.06. The normalized spacial score (nSPS) is 11.1. The van der Waals surface area contributed by atoms with Crippen LogP contribution in [0.4, 0.5) is 16.0 Å². The molecule has 8 heteroatoms. The third-order valence-corrected chi connectivity index (χ3v) is 5.10. The van der Waals surface area contributed by atoms with Crippen LogP contribution in [0.25, 0.3) is 20.8 Å². The lowest BCUT2D eigenvalue weighted by Crippen LogP contribution is -2.00. The Morgan fingerprint density at radius 2 is 1.96 bits per heavy atom. The van der Waals surface area contributed by atoms with E-state index in [1.807, 2.05) is 19.9 Å². The van der Waals surface area contributed by atoms with Gasteiger partial charge in [0.1, 0.15) is 22.5 Å². The molecule has 0 fully saturated rings. The summed E-state index contributed by atoms with van der Waals surface area (Å²) in [6.07, 6.45) is 1.65. The molecule has 0 aliphatic heterocycles. The SMILES string of the molecule is Cc1cc(Nc2nccc3nc(-c4c(F)cccc4Cl)sc23)nc(C)n1. The highest BCUT2D eigenvalue weighted by molar-refractivity contribution is 7.22. The van der Waals surface area contributed by atoms with Gasteiger partial charge >= 0.3 is 0 Å². The Labute approximate surface area is 157 Å². The van der Waals surface area contributed by atoms with Gasteiger partial charge in [0.15, 0.2) is 5.82 Å². The van der Waals surface area contributed by atoms with Crippen LogP contribution in [-0.4, -0.2) is 19.9 Å². The van der Waals surface area contributed by atoms with E-state index in [4.69, 9.17) is 11.6 Å². The van der Waals surface area contributed by atoms with Crippen LogP contribution in [0.15, 0.2) is 36.5 Å². The van der Waals surface area contributed by atoms with Crippen molar-refractivity contribution < 1.29 is 4.39 Å². The number of hydrogen-bond donors (Lipinski definition) is 1. The molecule has 5 nitrogen and oxygen atoms in total. The summed E-state index contributed by atoms with van der Waals surface area (Å²) in [5.41, 5.74) is 1.87. The Kier molecular flexibility index (Phi) is 4.26. The first kappa shape index (κ1) is 16.8. The molecule has 0 atom stereocenters. The van der Waals surface area contributed by atoms with Gasteiger partial charge < -0.3 is 5.32 Å². The Bertz CT molecular complexity index is 1090. The lowest BCUT2D eigenvalue weighted by molar-refractivity contribution is 0.631. The molecule has 0 aliphatic carbocycles. The van der Waals surface area contributed by atoms with Gasteiger partial charge in [-0.15, -0.1) is 11.3 Å².